The summed E-state index contributed by atoms with van der Waals surface area (Å²) in [4.78, 5) is 12.5. The van der Waals surface area contributed by atoms with Crippen molar-refractivity contribution in [1.29, 1.82) is 0 Å². The zero-order valence-electron chi connectivity index (χ0n) is 15.9. The van der Waals surface area contributed by atoms with Crippen LogP contribution < -0.4 is 10.1 Å². The molecule has 11 heteroatoms. The van der Waals surface area contributed by atoms with Crippen LogP contribution in [0.3, 0.4) is 0 Å². The van der Waals surface area contributed by atoms with Crippen molar-refractivity contribution in [2.45, 2.75) is 11.3 Å². The Bertz CT molecular complexity index is 1040. The van der Waals surface area contributed by atoms with Crippen LogP contribution in [0.1, 0.15) is 16.8 Å². The quantitative estimate of drug-likeness (QED) is 0.665. The number of amides is 1. The Labute approximate surface area is 178 Å². The number of sulfone groups is 1. The Hall–Kier alpha value is -2.24. The first-order chi connectivity index (χ1) is 13.7. The van der Waals surface area contributed by atoms with Crippen molar-refractivity contribution in [2.24, 2.45) is 5.92 Å². The molecule has 0 unspecified atom stereocenters. The predicted molar refractivity (Wildman–Crippen MR) is 109 cm³/mol. The first-order valence-corrected chi connectivity index (χ1v) is 10.3. The van der Waals surface area contributed by atoms with Gasteiger partial charge in [-0.05, 0) is 42.7 Å². The predicted octanol–water partition coefficient (Wildman–Crippen LogP) is 3.29. The lowest BCUT2D eigenvalue weighted by atomic mass is 10.1. The number of methoxy groups -OCH3 is 1. The maximum absolute atomic E-state index is 13.8. The lowest BCUT2D eigenvalue weighted by molar-refractivity contribution is 0.102. The molecule has 1 aliphatic rings. The van der Waals surface area contributed by atoms with Gasteiger partial charge in [-0.25, -0.2) is 21.6 Å². The lowest BCUT2D eigenvalue weighted by Gasteiger charge is -2.13. The number of halogens is 3. The summed E-state index contributed by atoms with van der Waals surface area (Å²) in [6, 6.07) is 5.24. The number of carbonyl (C=O) groups excluding carboxylic acids is 1. The van der Waals surface area contributed by atoms with Crippen molar-refractivity contribution >= 4 is 34.9 Å². The third-order valence-corrected chi connectivity index (χ3v) is 6.42. The summed E-state index contributed by atoms with van der Waals surface area (Å²) in [5.74, 6) is -5.88. The van der Waals surface area contributed by atoms with E-state index < -0.39 is 38.9 Å². The summed E-state index contributed by atoms with van der Waals surface area (Å²) in [5.41, 5.74) is -0.785. The van der Waals surface area contributed by atoms with E-state index in [0.717, 1.165) is 12.1 Å². The van der Waals surface area contributed by atoms with E-state index in [4.69, 9.17) is 9.47 Å². The molecule has 1 N–H and O–H groups in total. The van der Waals surface area contributed by atoms with Gasteiger partial charge in [-0.2, -0.15) is 13.5 Å². The standard InChI is InChI=1S/C19H18F3NO5S.H2S/c1-27-16-5-2-12(29(25,26)10-11-6-7-28-9-11)8-13(16)19(24)23-15-4-3-14(20)17(21)18(15)22;/h2-5,8,11H,6-7,9-10H2,1H3,(H,23,24);1H2/t11-;/m0./s1. The van der Waals surface area contributed by atoms with Crippen LogP contribution >= 0.6 is 13.5 Å². The Kier molecular flexibility index (Phi) is 7.78. The van der Waals surface area contributed by atoms with Crippen LogP contribution in [0.2, 0.25) is 0 Å². The van der Waals surface area contributed by atoms with Crippen molar-refractivity contribution in [1.82, 2.24) is 0 Å². The number of hydrogen-bond donors (Lipinski definition) is 1. The van der Waals surface area contributed by atoms with Gasteiger partial charge in [0.2, 0.25) is 0 Å². The molecule has 1 aliphatic heterocycles. The summed E-state index contributed by atoms with van der Waals surface area (Å²) in [6.07, 6.45) is 0.623. The maximum Gasteiger partial charge on any atom is 0.259 e. The topological polar surface area (TPSA) is 81.7 Å². The second kappa shape index (κ2) is 9.71. The molecule has 0 spiro atoms. The highest BCUT2D eigenvalue weighted by molar-refractivity contribution is 7.91. The minimum atomic E-state index is -3.72. The number of carbonyl (C=O) groups is 1. The third-order valence-electron chi connectivity index (χ3n) is 4.54. The number of benzene rings is 2. The molecule has 2 aromatic carbocycles. The molecule has 1 amide bonds. The fraction of sp³-hybridized carbons (Fsp3) is 0.316. The summed E-state index contributed by atoms with van der Waals surface area (Å²) < 4.78 is 75.9. The largest absolute Gasteiger partial charge is 0.496 e. The maximum atomic E-state index is 13.8. The number of anilines is 1. The van der Waals surface area contributed by atoms with Crippen LogP contribution in [-0.2, 0) is 14.6 Å². The molecule has 2 aromatic rings. The first kappa shape index (κ1) is 24.0. The van der Waals surface area contributed by atoms with Crippen molar-refractivity contribution < 1.29 is 35.9 Å². The van der Waals surface area contributed by atoms with Gasteiger partial charge in [-0.1, -0.05) is 0 Å². The molecular formula is C19H20F3NO5S2. The Morgan fingerprint density at radius 2 is 1.93 bits per heavy atom. The smallest absolute Gasteiger partial charge is 0.259 e. The van der Waals surface area contributed by atoms with Gasteiger partial charge < -0.3 is 14.8 Å². The fourth-order valence-corrected chi connectivity index (χ4v) is 4.64. The van der Waals surface area contributed by atoms with E-state index in [2.05, 4.69) is 5.32 Å². The normalized spacial score (nSPS) is 16.1. The van der Waals surface area contributed by atoms with Gasteiger partial charge in [0.1, 0.15) is 5.75 Å². The summed E-state index contributed by atoms with van der Waals surface area (Å²) in [5, 5.41) is 2.11. The molecule has 0 bridgehead atoms. The molecule has 1 saturated heterocycles. The van der Waals surface area contributed by atoms with Crippen molar-refractivity contribution in [3.05, 3.63) is 53.3 Å². The summed E-state index contributed by atoms with van der Waals surface area (Å²) >= 11 is 0. The monoisotopic (exact) mass is 463 g/mol. The Morgan fingerprint density at radius 3 is 2.57 bits per heavy atom. The molecule has 3 rings (SSSR count). The van der Waals surface area contributed by atoms with Gasteiger partial charge in [0.15, 0.2) is 27.3 Å². The minimum absolute atomic E-state index is 0. The summed E-state index contributed by atoms with van der Waals surface area (Å²) in [6.45, 7) is 0.842. The molecule has 0 aliphatic carbocycles. The molecule has 6 nitrogen and oxygen atoms in total. The molecule has 0 aromatic heterocycles. The van der Waals surface area contributed by atoms with E-state index in [0.29, 0.717) is 25.7 Å². The Morgan fingerprint density at radius 1 is 1.20 bits per heavy atom. The van der Waals surface area contributed by atoms with Crippen LogP contribution in [0.15, 0.2) is 35.2 Å². The lowest BCUT2D eigenvalue weighted by Crippen LogP contribution is -2.19. The number of nitrogens with one attached hydrogen (secondary N) is 1. The van der Waals surface area contributed by atoms with E-state index in [1.54, 1.807) is 0 Å². The third kappa shape index (κ3) is 5.08. The van der Waals surface area contributed by atoms with E-state index >= 15 is 0 Å². The van der Waals surface area contributed by atoms with Gasteiger partial charge >= 0.3 is 0 Å². The van der Waals surface area contributed by atoms with Crippen molar-refractivity contribution in [3.63, 3.8) is 0 Å². The van der Waals surface area contributed by atoms with E-state index in [1.165, 1.54) is 19.2 Å². The van der Waals surface area contributed by atoms with E-state index in [-0.39, 0.29) is 41.4 Å². The van der Waals surface area contributed by atoms with Crippen LogP contribution in [0, 0.1) is 23.4 Å². The van der Waals surface area contributed by atoms with Crippen molar-refractivity contribution in [2.75, 3.05) is 31.4 Å². The average molecular weight is 463 g/mol. The highest BCUT2D eigenvalue weighted by Crippen LogP contribution is 2.27. The summed E-state index contributed by atoms with van der Waals surface area (Å²) in [7, 11) is -2.45. The average Bonchev–Trinajstić information content (AvgIpc) is 3.20. The van der Waals surface area contributed by atoms with E-state index in [1.807, 2.05) is 0 Å². The van der Waals surface area contributed by atoms with Gasteiger partial charge in [0.25, 0.3) is 5.91 Å². The second-order valence-corrected chi connectivity index (χ2v) is 8.58. The molecule has 0 saturated carbocycles. The van der Waals surface area contributed by atoms with Crippen LogP contribution in [-0.4, -0.2) is 40.4 Å². The fourth-order valence-electron chi connectivity index (χ4n) is 2.99. The van der Waals surface area contributed by atoms with Gasteiger partial charge in [0.05, 0.1) is 35.6 Å². The molecular weight excluding hydrogens is 443 g/mol. The highest BCUT2D eigenvalue weighted by atomic mass is 32.2. The van der Waals surface area contributed by atoms with Gasteiger partial charge in [-0.3, -0.25) is 4.79 Å². The van der Waals surface area contributed by atoms with Crippen LogP contribution in [0.4, 0.5) is 18.9 Å². The number of rotatable bonds is 6. The van der Waals surface area contributed by atoms with Gasteiger partial charge in [-0.15, -0.1) is 0 Å². The Balaban J connectivity index is 0.00000320. The minimum Gasteiger partial charge on any atom is -0.496 e. The zero-order chi connectivity index (χ0) is 21.2. The van der Waals surface area contributed by atoms with Gasteiger partial charge in [0, 0.05) is 6.61 Å². The highest BCUT2D eigenvalue weighted by Gasteiger charge is 2.26. The zero-order valence-corrected chi connectivity index (χ0v) is 17.7. The second-order valence-electron chi connectivity index (χ2n) is 6.55. The molecule has 0 radical (unpaired) electrons. The molecule has 1 heterocycles. The first-order valence-electron chi connectivity index (χ1n) is 8.66. The SMILES string of the molecule is COc1ccc(S(=O)(=O)C[C@H]2CCOC2)cc1C(=O)Nc1ccc(F)c(F)c1F.S. The van der Waals surface area contributed by atoms with E-state index in [9.17, 15) is 26.4 Å². The van der Waals surface area contributed by atoms with Crippen LogP contribution in [0.25, 0.3) is 0 Å². The molecule has 1 atom stereocenters. The van der Waals surface area contributed by atoms with Crippen molar-refractivity contribution in [3.8, 4) is 5.75 Å². The number of ether oxygens (including phenoxy) is 2. The molecule has 164 valence electrons. The number of hydrogen-bond acceptors (Lipinski definition) is 5. The molecule has 1 fully saturated rings. The molecule has 30 heavy (non-hydrogen) atoms. The van der Waals surface area contributed by atoms with Crippen LogP contribution in [0.5, 0.6) is 5.75 Å².